The number of hydrogen-bond acceptors (Lipinski definition) is 4. The number of amides is 2. The number of nitrogens with zero attached hydrogens (tertiary/aromatic N) is 2. The largest absolute Gasteiger partial charge is 0.344 e. The van der Waals surface area contributed by atoms with Gasteiger partial charge in [0.15, 0.2) is 0 Å². The van der Waals surface area contributed by atoms with Gasteiger partial charge < -0.3 is 10.1 Å². The van der Waals surface area contributed by atoms with Crippen LogP contribution in [0.3, 0.4) is 0 Å². The first-order valence-electron chi connectivity index (χ1n) is 9.17. The van der Waals surface area contributed by atoms with Gasteiger partial charge in [-0.2, -0.15) is 0 Å². The first-order valence-corrected chi connectivity index (χ1v) is 9.17. The van der Waals surface area contributed by atoms with E-state index in [-0.39, 0.29) is 11.8 Å². The molecule has 0 spiro atoms. The number of fused-ring (bicyclic) bond motifs is 1. The van der Waals surface area contributed by atoms with E-state index in [2.05, 4.69) is 11.9 Å². The van der Waals surface area contributed by atoms with Crippen molar-refractivity contribution in [1.29, 1.82) is 0 Å². The average molecular weight is 355 g/mol. The first kappa shape index (κ1) is 18.2. The quantitative estimate of drug-likeness (QED) is 0.818. The molecule has 0 radical (unpaired) electrons. The van der Waals surface area contributed by atoms with Gasteiger partial charge >= 0.3 is 0 Å². The lowest BCUT2D eigenvalue weighted by molar-refractivity contribution is -0.159. The molecule has 1 aromatic rings. The number of aldehydes is 1. The highest BCUT2D eigenvalue weighted by Crippen LogP contribution is 2.28. The summed E-state index contributed by atoms with van der Waals surface area (Å²) in [6.45, 7) is 4.74. The summed E-state index contributed by atoms with van der Waals surface area (Å²) >= 11 is 0. The zero-order chi connectivity index (χ0) is 18.5. The fourth-order valence-electron chi connectivity index (χ4n) is 3.60. The molecule has 2 atom stereocenters. The second kappa shape index (κ2) is 8.17. The fourth-order valence-corrected chi connectivity index (χ4v) is 3.60. The van der Waals surface area contributed by atoms with Crippen LogP contribution in [0, 0.1) is 0 Å². The van der Waals surface area contributed by atoms with Crippen LogP contribution >= 0.6 is 0 Å². The summed E-state index contributed by atoms with van der Waals surface area (Å²) < 4.78 is 0. The lowest BCUT2D eigenvalue weighted by Gasteiger charge is -2.43. The van der Waals surface area contributed by atoms with Gasteiger partial charge in [0.25, 0.3) is 5.91 Å². The van der Waals surface area contributed by atoms with Crippen LogP contribution in [0.4, 0.5) is 0 Å². The summed E-state index contributed by atoms with van der Waals surface area (Å²) in [5.74, 6) is -0.362. The fraction of sp³-hybridized carbons (Fsp3) is 0.450. The van der Waals surface area contributed by atoms with Crippen molar-refractivity contribution >= 4 is 18.1 Å². The van der Waals surface area contributed by atoms with Crippen molar-refractivity contribution in [3.63, 3.8) is 0 Å². The second-order valence-corrected chi connectivity index (χ2v) is 6.86. The number of hydrazine groups is 1. The van der Waals surface area contributed by atoms with E-state index in [0.717, 1.165) is 24.0 Å². The van der Waals surface area contributed by atoms with Crippen LogP contribution in [0.1, 0.15) is 37.7 Å². The van der Waals surface area contributed by atoms with Crippen molar-refractivity contribution < 1.29 is 14.4 Å². The number of aryl methyl sites for hydroxylation is 1. The Balaban J connectivity index is 1.65. The molecule has 0 saturated carbocycles. The zero-order valence-corrected chi connectivity index (χ0v) is 14.9. The number of benzene rings is 1. The van der Waals surface area contributed by atoms with E-state index >= 15 is 0 Å². The Morgan fingerprint density at radius 3 is 2.77 bits per heavy atom. The summed E-state index contributed by atoms with van der Waals surface area (Å²) in [6.07, 6.45) is 4.40. The average Bonchev–Trinajstić information content (AvgIpc) is 2.79. The second-order valence-electron chi connectivity index (χ2n) is 6.86. The molecule has 1 unspecified atom stereocenters. The molecule has 3 rings (SSSR count). The van der Waals surface area contributed by atoms with Gasteiger partial charge in [-0.05, 0) is 37.7 Å². The Labute approximate surface area is 153 Å². The molecule has 0 aliphatic carbocycles. The van der Waals surface area contributed by atoms with Crippen molar-refractivity contribution in [3.05, 3.63) is 48.2 Å². The molecule has 0 aromatic heterocycles. The van der Waals surface area contributed by atoms with E-state index in [1.54, 1.807) is 0 Å². The first-order chi connectivity index (χ1) is 12.6. The molecule has 1 N–H and O–H groups in total. The number of carbonyl (C=O) groups excluding carboxylic acids is 3. The van der Waals surface area contributed by atoms with Crippen LogP contribution < -0.4 is 5.32 Å². The molecule has 6 heteroatoms. The Morgan fingerprint density at radius 2 is 2.04 bits per heavy atom. The predicted molar refractivity (Wildman–Crippen MR) is 97.7 cm³/mol. The van der Waals surface area contributed by atoms with Crippen molar-refractivity contribution in [2.24, 2.45) is 0 Å². The molecular weight excluding hydrogens is 330 g/mol. The molecule has 2 heterocycles. The summed E-state index contributed by atoms with van der Waals surface area (Å²) in [5.41, 5.74) is 1.91. The molecule has 2 fully saturated rings. The van der Waals surface area contributed by atoms with Crippen molar-refractivity contribution in [2.45, 2.75) is 50.6 Å². The number of rotatable bonds is 5. The summed E-state index contributed by atoms with van der Waals surface area (Å²) in [4.78, 5) is 36.8. The highest BCUT2D eigenvalue weighted by molar-refractivity contribution is 5.89. The molecule has 138 valence electrons. The minimum absolute atomic E-state index is 0.147. The lowest BCUT2D eigenvalue weighted by atomic mass is 10.1. The minimum Gasteiger partial charge on any atom is -0.344 e. The Kier molecular flexibility index (Phi) is 5.71. The van der Waals surface area contributed by atoms with Gasteiger partial charge in [0.2, 0.25) is 5.91 Å². The van der Waals surface area contributed by atoms with Gasteiger partial charge in [-0.1, -0.05) is 36.9 Å². The van der Waals surface area contributed by atoms with Crippen LogP contribution in [0.2, 0.25) is 0 Å². The van der Waals surface area contributed by atoms with Gasteiger partial charge in [0.05, 0.1) is 0 Å². The maximum Gasteiger partial charge on any atom is 0.264 e. The molecular formula is C20H25N3O3. The van der Waals surface area contributed by atoms with E-state index in [1.807, 2.05) is 35.3 Å². The standard InChI is InChI=1S/C20H25N3O3/c1-15-9-11-18(20(26)23-17(14-24)8-5-13-22(15)23)21-19(25)12-10-16-6-3-2-4-7-16/h2-4,6-7,14,17-18H,1,5,8-13H2,(H,21,25)/t17-,18?/m0/s1. The maximum absolute atomic E-state index is 13.0. The van der Waals surface area contributed by atoms with Gasteiger partial charge in [0, 0.05) is 18.7 Å². The summed E-state index contributed by atoms with van der Waals surface area (Å²) in [5, 5.41) is 6.19. The Hall–Kier alpha value is -2.63. The molecule has 2 amide bonds. The monoisotopic (exact) mass is 355 g/mol. The molecule has 1 aromatic carbocycles. The van der Waals surface area contributed by atoms with Crippen LogP contribution in [0.25, 0.3) is 0 Å². The van der Waals surface area contributed by atoms with Gasteiger partial charge in [0.1, 0.15) is 18.4 Å². The van der Waals surface area contributed by atoms with Crippen molar-refractivity contribution in [2.75, 3.05) is 6.54 Å². The SMILES string of the molecule is C=C1CCC(NC(=O)CCc2ccccc2)C(=O)N2[C@H](C=O)CCCN12. The Bertz CT molecular complexity index is 689. The number of nitrogens with one attached hydrogen (secondary N) is 1. The lowest BCUT2D eigenvalue weighted by Crippen LogP contribution is -2.59. The van der Waals surface area contributed by atoms with Crippen LogP contribution in [0.5, 0.6) is 0 Å². The van der Waals surface area contributed by atoms with E-state index in [9.17, 15) is 14.4 Å². The molecule has 2 saturated heterocycles. The van der Waals surface area contributed by atoms with Crippen LogP contribution in [-0.2, 0) is 20.8 Å². The summed E-state index contributed by atoms with van der Waals surface area (Å²) in [7, 11) is 0. The molecule has 26 heavy (non-hydrogen) atoms. The van der Waals surface area contributed by atoms with Gasteiger partial charge in [-0.25, -0.2) is 5.01 Å². The number of allylic oxidation sites excluding steroid dienone is 1. The third-order valence-electron chi connectivity index (χ3n) is 5.03. The highest BCUT2D eigenvalue weighted by atomic mass is 16.2. The van der Waals surface area contributed by atoms with E-state index < -0.39 is 12.1 Å². The highest BCUT2D eigenvalue weighted by Gasteiger charge is 2.39. The topological polar surface area (TPSA) is 69.7 Å². The van der Waals surface area contributed by atoms with E-state index in [4.69, 9.17) is 0 Å². The van der Waals surface area contributed by atoms with Crippen LogP contribution in [-0.4, -0.2) is 46.7 Å². The van der Waals surface area contributed by atoms with E-state index in [0.29, 0.717) is 38.6 Å². The molecule has 6 nitrogen and oxygen atoms in total. The van der Waals surface area contributed by atoms with Gasteiger partial charge in [-0.3, -0.25) is 14.6 Å². The third kappa shape index (κ3) is 3.95. The summed E-state index contributed by atoms with van der Waals surface area (Å²) in [6, 6.07) is 8.70. The molecule has 2 aliphatic rings. The van der Waals surface area contributed by atoms with Crippen LogP contribution in [0.15, 0.2) is 42.6 Å². The molecule has 0 bridgehead atoms. The molecule has 2 aliphatic heterocycles. The normalized spacial score (nSPS) is 23.2. The smallest absolute Gasteiger partial charge is 0.264 e. The number of hydrogen-bond donors (Lipinski definition) is 1. The number of carbonyl (C=O) groups is 3. The van der Waals surface area contributed by atoms with Crippen molar-refractivity contribution in [1.82, 2.24) is 15.3 Å². The van der Waals surface area contributed by atoms with Crippen molar-refractivity contribution in [3.8, 4) is 0 Å². The zero-order valence-electron chi connectivity index (χ0n) is 14.9. The van der Waals surface area contributed by atoms with E-state index in [1.165, 1.54) is 5.01 Å². The Morgan fingerprint density at radius 1 is 1.27 bits per heavy atom. The predicted octanol–water partition coefficient (Wildman–Crippen LogP) is 1.82. The third-order valence-corrected chi connectivity index (χ3v) is 5.03. The minimum atomic E-state index is -0.611. The maximum atomic E-state index is 13.0. The van der Waals surface area contributed by atoms with Gasteiger partial charge in [-0.15, -0.1) is 0 Å².